The molecule has 54 valence electrons. The Morgan fingerprint density at radius 2 is 2.40 bits per heavy atom. The molecule has 2 N–H and O–H groups in total. The Balaban J connectivity index is 2.34. The SMILES string of the molecule is NC1(c2cnc(Cl)o2)CC1. The maximum Gasteiger partial charge on any atom is 0.292 e. The highest BCUT2D eigenvalue weighted by atomic mass is 35.5. The van der Waals surface area contributed by atoms with Crippen LogP contribution in [-0.2, 0) is 5.54 Å². The van der Waals surface area contributed by atoms with Crippen molar-refractivity contribution >= 4 is 11.6 Å². The third-order valence-corrected chi connectivity index (χ3v) is 1.93. The fourth-order valence-electron chi connectivity index (χ4n) is 0.864. The summed E-state index contributed by atoms with van der Waals surface area (Å²) in [6.07, 6.45) is 3.53. The number of oxazole rings is 1. The molecule has 1 aromatic rings. The largest absolute Gasteiger partial charge is 0.431 e. The first-order valence-electron chi connectivity index (χ1n) is 3.11. The van der Waals surface area contributed by atoms with Crippen LogP contribution in [0.25, 0.3) is 0 Å². The van der Waals surface area contributed by atoms with Crippen molar-refractivity contribution in [3.63, 3.8) is 0 Å². The van der Waals surface area contributed by atoms with Gasteiger partial charge in [-0.25, -0.2) is 4.98 Å². The van der Waals surface area contributed by atoms with Crippen LogP contribution in [0.1, 0.15) is 18.6 Å². The van der Waals surface area contributed by atoms with Crippen molar-refractivity contribution < 1.29 is 4.42 Å². The van der Waals surface area contributed by atoms with Gasteiger partial charge in [0.25, 0.3) is 5.35 Å². The zero-order chi connectivity index (χ0) is 7.19. The van der Waals surface area contributed by atoms with E-state index in [1.807, 2.05) is 0 Å². The van der Waals surface area contributed by atoms with Gasteiger partial charge in [0.1, 0.15) is 5.76 Å². The van der Waals surface area contributed by atoms with Gasteiger partial charge in [0.05, 0.1) is 11.7 Å². The summed E-state index contributed by atoms with van der Waals surface area (Å²) in [5, 5.41) is 0.173. The Labute approximate surface area is 63.2 Å². The first-order chi connectivity index (χ1) is 4.71. The van der Waals surface area contributed by atoms with Gasteiger partial charge in [0.15, 0.2) is 0 Å². The van der Waals surface area contributed by atoms with Crippen molar-refractivity contribution in [3.8, 4) is 0 Å². The molecule has 0 saturated heterocycles. The number of halogens is 1. The van der Waals surface area contributed by atoms with Gasteiger partial charge in [0, 0.05) is 0 Å². The summed E-state index contributed by atoms with van der Waals surface area (Å²) in [6, 6.07) is 0. The number of nitrogens with zero attached hydrogens (tertiary/aromatic N) is 1. The van der Waals surface area contributed by atoms with Gasteiger partial charge in [-0.1, -0.05) is 0 Å². The van der Waals surface area contributed by atoms with Gasteiger partial charge < -0.3 is 10.2 Å². The van der Waals surface area contributed by atoms with Crippen LogP contribution in [0, 0.1) is 0 Å². The quantitative estimate of drug-likeness (QED) is 0.670. The summed E-state index contributed by atoms with van der Waals surface area (Å²) >= 11 is 5.46. The predicted molar refractivity (Wildman–Crippen MR) is 36.6 cm³/mol. The molecule has 0 unspecified atom stereocenters. The lowest BCUT2D eigenvalue weighted by atomic mass is 10.2. The Hall–Kier alpha value is -0.540. The van der Waals surface area contributed by atoms with Crippen molar-refractivity contribution in [2.75, 3.05) is 0 Å². The summed E-state index contributed by atoms with van der Waals surface area (Å²) in [5.41, 5.74) is 5.54. The highest BCUT2D eigenvalue weighted by molar-refractivity contribution is 6.27. The van der Waals surface area contributed by atoms with Gasteiger partial charge in [-0.05, 0) is 24.4 Å². The van der Waals surface area contributed by atoms with E-state index in [1.54, 1.807) is 6.20 Å². The summed E-state index contributed by atoms with van der Waals surface area (Å²) in [4.78, 5) is 3.74. The molecular formula is C6H7ClN2O. The van der Waals surface area contributed by atoms with Gasteiger partial charge in [0.2, 0.25) is 0 Å². The molecule has 0 aromatic carbocycles. The topological polar surface area (TPSA) is 52.0 Å². The highest BCUT2D eigenvalue weighted by Crippen LogP contribution is 2.43. The first kappa shape index (κ1) is 6.19. The zero-order valence-electron chi connectivity index (χ0n) is 5.30. The van der Waals surface area contributed by atoms with Crippen LogP contribution in [0.5, 0.6) is 0 Å². The number of rotatable bonds is 1. The van der Waals surface area contributed by atoms with E-state index >= 15 is 0 Å². The second-order valence-corrected chi connectivity index (χ2v) is 2.96. The van der Waals surface area contributed by atoms with E-state index in [4.69, 9.17) is 21.8 Å². The lowest BCUT2D eigenvalue weighted by molar-refractivity contribution is 0.455. The molecule has 1 fully saturated rings. The molecule has 0 amide bonds. The second kappa shape index (κ2) is 1.74. The molecule has 1 aliphatic rings. The van der Waals surface area contributed by atoms with Crippen molar-refractivity contribution in [1.82, 2.24) is 4.98 Å². The summed E-state index contributed by atoms with van der Waals surface area (Å²) in [5.74, 6) is 0.706. The maximum atomic E-state index is 5.79. The fourth-order valence-corrected chi connectivity index (χ4v) is 0.996. The third kappa shape index (κ3) is 0.822. The maximum absolute atomic E-state index is 5.79. The van der Waals surface area contributed by atoms with Crippen LogP contribution in [0.2, 0.25) is 5.35 Å². The Morgan fingerprint density at radius 3 is 2.80 bits per heavy atom. The molecule has 0 radical (unpaired) electrons. The fraction of sp³-hybridized carbons (Fsp3) is 0.500. The van der Waals surface area contributed by atoms with Crippen LogP contribution >= 0.6 is 11.6 Å². The molecule has 0 spiro atoms. The molecule has 0 bridgehead atoms. The normalized spacial score (nSPS) is 21.0. The average molecular weight is 159 g/mol. The summed E-state index contributed by atoms with van der Waals surface area (Å²) < 4.78 is 5.04. The van der Waals surface area contributed by atoms with E-state index in [1.165, 1.54) is 0 Å². The Bertz CT molecular complexity index is 254. The van der Waals surface area contributed by atoms with E-state index in [2.05, 4.69) is 4.98 Å². The van der Waals surface area contributed by atoms with Gasteiger partial charge in [-0.2, -0.15) is 0 Å². The number of hydrogen-bond donors (Lipinski definition) is 1. The van der Waals surface area contributed by atoms with E-state index in [-0.39, 0.29) is 10.9 Å². The molecule has 4 heteroatoms. The molecule has 1 heterocycles. The minimum atomic E-state index is -0.250. The number of aromatic nitrogens is 1. The molecule has 1 aliphatic carbocycles. The standard InChI is InChI=1S/C6H7ClN2O/c7-5-9-3-4(10-5)6(8)1-2-6/h3H,1-2,8H2. The molecule has 1 aromatic heterocycles. The molecule has 0 aliphatic heterocycles. The second-order valence-electron chi connectivity index (χ2n) is 2.63. The lowest BCUT2D eigenvalue weighted by Crippen LogP contribution is -2.17. The zero-order valence-corrected chi connectivity index (χ0v) is 6.06. The van der Waals surface area contributed by atoms with Gasteiger partial charge in [-0.3, -0.25) is 0 Å². The highest BCUT2D eigenvalue weighted by Gasteiger charge is 2.43. The van der Waals surface area contributed by atoms with Gasteiger partial charge in [-0.15, -0.1) is 0 Å². The van der Waals surface area contributed by atoms with Crippen LogP contribution < -0.4 is 5.73 Å². The molecule has 3 nitrogen and oxygen atoms in total. The minimum Gasteiger partial charge on any atom is -0.431 e. The summed E-state index contributed by atoms with van der Waals surface area (Å²) in [7, 11) is 0. The number of hydrogen-bond acceptors (Lipinski definition) is 3. The van der Waals surface area contributed by atoms with E-state index < -0.39 is 0 Å². The van der Waals surface area contributed by atoms with Crippen molar-refractivity contribution in [1.29, 1.82) is 0 Å². The minimum absolute atomic E-state index is 0.173. The monoisotopic (exact) mass is 158 g/mol. The molecular weight excluding hydrogens is 152 g/mol. The lowest BCUT2D eigenvalue weighted by Gasteiger charge is -1.99. The Kier molecular flexibility index (Phi) is 1.08. The van der Waals surface area contributed by atoms with E-state index in [9.17, 15) is 0 Å². The molecule has 2 rings (SSSR count). The van der Waals surface area contributed by atoms with E-state index in [0.717, 1.165) is 12.8 Å². The summed E-state index contributed by atoms with van der Waals surface area (Å²) in [6.45, 7) is 0. The van der Waals surface area contributed by atoms with Crippen LogP contribution in [0.4, 0.5) is 0 Å². The van der Waals surface area contributed by atoms with Crippen LogP contribution in [0.3, 0.4) is 0 Å². The first-order valence-corrected chi connectivity index (χ1v) is 3.49. The van der Waals surface area contributed by atoms with E-state index in [0.29, 0.717) is 5.76 Å². The third-order valence-electron chi connectivity index (χ3n) is 1.76. The molecule has 1 saturated carbocycles. The smallest absolute Gasteiger partial charge is 0.292 e. The van der Waals surface area contributed by atoms with Crippen molar-refractivity contribution in [3.05, 3.63) is 17.3 Å². The average Bonchev–Trinajstić information content (AvgIpc) is 2.45. The van der Waals surface area contributed by atoms with Crippen LogP contribution in [0.15, 0.2) is 10.6 Å². The molecule has 10 heavy (non-hydrogen) atoms. The Morgan fingerprint density at radius 1 is 1.70 bits per heavy atom. The van der Waals surface area contributed by atoms with Crippen molar-refractivity contribution in [2.24, 2.45) is 5.73 Å². The van der Waals surface area contributed by atoms with Crippen molar-refractivity contribution in [2.45, 2.75) is 18.4 Å². The predicted octanol–water partition coefficient (Wildman–Crippen LogP) is 1.28. The van der Waals surface area contributed by atoms with Gasteiger partial charge >= 0.3 is 0 Å². The number of nitrogens with two attached hydrogens (primary N) is 1. The molecule has 0 atom stereocenters. The van der Waals surface area contributed by atoms with Crippen LogP contribution in [-0.4, -0.2) is 4.98 Å².